The number of ether oxygens (including phenoxy) is 2. The lowest BCUT2D eigenvalue weighted by molar-refractivity contribution is -0.136. The minimum absolute atomic E-state index is 0.337. The SMILES string of the molecule is COC(=O)/C1=C/c2cccnc2Oc2ccccc2C1. The molecule has 0 N–H and O–H groups in total. The Morgan fingerprint density at radius 2 is 2.10 bits per heavy atom. The third-order valence-electron chi connectivity index (χ3n) is 3.14. The van der Waals surface area contributed by atoms with E-state index in [1.807, 2.05) is 30.3 Å². The molecule has 1 aliphatic heterocycles. The van der Waals surface area contributed by atoms with Crippen LogP contribution < -0.4 is 4.74 Å². The zero-order chi connectivity index (χ0) is 13.9. The number of esters is 1. The van der Waals surface area contributed by atoms with Gasteiger partial charge in [0, 0.05) is 23.8 Å². The van der Waals surface area contributed by atoms with Crippen LogP contribution in [0.3, 0.4) is 0 Å². The Balaban J connectivity index is 2.17. The summed E-state index contributed by atoms with van der Waals surface area (Å²) in [6.07, 6.45) is 3.90. The van der Waals surface area contributed by atoms with Crippen molar-refractivity contribution in [2.24, 2.45) is 0 Å². The van der Waals surface area contributed by atoms with E-state index in [9.17, 15) is 4.79 Å². The molecule has 4 heteroatoms. The molecule has 0 unspecified atom stereocenters. The molecule has 0 aliphatic carbocycles. The number of nitrogens with zero attached hydrogens (tertiary/aromatic N) is 1. The summed E-state index contributed by atoms with van der Waals surface area (Å²) in [4.78, 5) is 16.1. The van der Waals surface area contributed by atoms with Crippen molar-refractivity contribution in [2.45, 2.75) is 6.42 Å². The fourth-order valence-corrected chi connectivity index (χ4v) is 2.16. The first-order valence-corrected chi connectivity index (χ1v) is 6.27. The summed E-state index contributed by atoms with van der Waals surface area (Å²) in [5, 5.41) is 0. The van der Waals surface area contributed by atoms with E-state index in [2.05, 4.69) is 4.98 Å². The van der Waals surface area contributed by atoms with Crippen LogP contribution in [0.25, 0.3) is 6.08 Å². The minimum atomic E-state index is -0.337. The Labute approximate surface area is 116 Å². The van der Waals surface area contributed by atoms with Crippen molar-refractivity contribution in [3.63, 3.8) is 0 Å². The maximum absolute atomic E-state index is 11.9. The van der Waals surface area contributed by atoms with E-state index in [-0.39, 0.29) is 5.97 Å². The van der Waals surface area contributed by atoms with Gasteiger partial charge < -0.3 is 9.47 Å². The Bertz CT molecular complexity index is 692. The third kappa shape index (κ3) is 2.28. The third-order valence-corrected chi connectivity index (χ3v) is 3.14. The molecule has 3 rings (SSSR count). The number of carbonyl (C=O) groups is 1. The fraction of sp³-hybridized carbons (Fsp3) is 0.125. The largest absolute Gasteiger partial charge is 0.466 e. The molecule has 4 nitrogen and oxygen atoms in total. The van der Waals surface area contributed by atoms with Gasteiger partial charge in [-0.25, -0.2) is 9.78 Å². The van der Waals surface area contributed by atoms with Crippen LogP contribution in [0.4, 0.5) is 0 Å². The van der Waals surface area contributed by atoms with Crippen molar-refractivity contribution in [3.05, 3.63) is 59.3 Å². The zero-order valence-electron chi connectivity index (χ0n) is 11.0. The van der Waals surface area contributed by atoms with Crippen molar-refractivity contribution in [2.75, 3.05) is 7.11 Å². The summed E-state index contributed by atoms with van der Waals surface area (Å²) in [6.45, 7) is 0. The number of para-hydroxylation sites is 1. The first-order valence-electron chi connectivity index (χ1n) is 6.27. The number of benzene rings is 1. The van der Waals surface area contributed by atoms with Crippen LogP contribution in [-0.2, 0) is 16.0 Å². The quantitative estimate of drug-likeness (QED) is 0.745. The summed E-state index contributed by atoms with van der Waals surface area (Å²) in [7, 11) is 1.38. The molecular formula is C16H13NO3. The Morgan fingerprint density at radius 3 is 2.95 bits per heavy atom. The first kappa shape index (κ1) is 12.4. The number of pyridine rings is 1. The van der Waals surface area contributed by atoms with E-state index in [1.54, 1.807) is 18.3 Å². The van der Waals surface area contributed by atoms with Gasteiger partial charge in [-0.15, -0.1) is 0 Å². The second-order valence-electron chi connectivity index (χ2n) is 4.45. The van der Waals surface area contributed by atoms with Crippen LogP contribution in [-0.4, -0.2) is 18.1 Å². The predicted octanol–water partition coefficient (Wildman–Crippen LogP) is 2.99. The molecule has 0 bridgehead atoms. The van der Waals surface area contributed by atoms with E-state index in [0.29, 0.717) is 23.6 Å². The number of aromatic nitrogens is 1. The number of hydrogen-bond acceptors (Lipinski definition) is 4. The molecule has 20 heavy (non-hydrogen) atoms. The smallest absolute Gasteiger partial charge is 0.334 e. The van der Waals surface area contributed by atoms with Gasteiger partial charge in [0.2, 0.25) is 5.88 Å². The van der Waals surface area contributed by atoms with E-state index in [4.69, 9.17) is 9.47 Å². The second kappa shape index (κ2) is 5.17. The van der Waals surface area contributed by atoms with Crippen LogP contribution >= 0.6 is 0 Å². The van der Waals surface area contributed by atoms with Crippen molar-refractivity contribution < 1.29 is 14.3 Å². The van der Waals surface area contributed by atoms with Crippen molar-refractivity contribution in [1.29, 1.82) is 0 Å². The monoisotopic (exact) mass is 267 g/mol. The maximum Gasteiger partial charge on any atom is 0.334 e. The molecule has 2 aromatic rings. The molecule has 0 radical (unpaired) electrons. The van der Waals surface area contributed by atoms with Gasteiger partial charge >= 0.3 is 5.97 Å². The van der Waals surface area contributed by atoms with E-state index in [0.717, 1.165) is 11.1 Å². The first-order chi connectivity index (χ1) is 9.78. The van der Waals surface area contributed by atoms with Crippen LogP contribution in [0.15, 0.2) is 48.2 Å². The molecule has 0 atom stereocenters. The van der Waals surface area contributed by atoms with Crippen LogP contribution in [0.1, 0.15) is 11.1 Å². The summed E-state index contributed by atoms with van der Waals surface area (Å²) in [5.74, 6) is 0.861. The van der Waals surface area contributed by atoms with Gasteiger partial charge in [-0.2, -0.15) is 0 Å². The highest BCUT2D eigenvalue weighted by atomic mass is 16.5. The number of hydrogen-bond donors (Lipinski definition) is 0. The van der Waals surface area contributed by atoms with Crippen LogP contribution in [0, 0.1) is 0 Å². The number of carbonyl (C=O) groups excluding carboxylic acids is 1. The van der Waals surface area contributed by atoms with E-state index < -0.39 is 0 Å². The van der Waals surface area contributed by atoms with Gasteiger partial charge in [0.05, 0.1) is 7.11 Å². The second-order valence-corrected chi connectivity index (χ2v) is 4.45. The standard InChI is InChI=1S/C16H13NO3/c1-19-16(18)13-9-11-5-2-3-7-14(11)20-15-12(10-13)6-4-8-17-15/h2-8,10H,9H2,1H3/b13-10+. The summed E-state index contributed by atoms with van der Waals surface area (Å²) >= 11 is 0. The molecule has 2 heterocycles. The molecule has 0 spiro atoms. The zero-order valence-corrected chi connectivity index (χ0v) is 11.0. The highest BCUT2D eigenvalue weighted by Gasteiger charge is 2.18. The van der Waals surface area contributed by atoms with Crippen LogP contribution in [0.2, 0.25) is 0 Å². The van der Waals surface area contributed by atoms with Gasteiger partial charge in [0.15, 0.2) is 0 Å². The Kier molecular flexibility index (Phi) is 3.21. The molecule has 0 saturated heterocycles. The maximum atomic E-state index is 11.9. The molecule has 1 aliphatic rings. The Morgan fingerprint density at radius 1 is 1.25 bits per heavy atom. The molecule has 1 aromatic carbocycles. The fourth-order valence-electron chi connectivity index (χ4n) is 2.16. The predicted molar refractivity (Wildman–Crippen MR) is 74.5 cm³/mol. The topological polar surface area (TPSA) is 48.4 Å². The van der Waals surface area contributed by atoms with Gasteiger partial charge in [0.1, 0.15) is 5.75 Å². The lowest BCUT2D eigenvalue weighted by Gasteiger charge is -2.16. The lowest BCUT2D eigenvalue weighted by Crippen LogP contribution is -2.10. The van der Waals surface area contributed by atoms with E-state index in [1.165, 1.54) is 7.11 Å². The average Bonchev–Trinajstić information content (AvgIpc) is 2.46. The number of rotatable bonds is 1. The van der Waals surface area contributed by atoms with E-state index >= 15 is 0 Å². The average molecular weight is 267 g/mol. The highest BCUT2D eigenvalue weighted by Crippen LogP contribution is 2.32. The molecule has 1 aromatic heterocycles. The van der Waals surface area contributed by atoms with Gasteiger partial charge in [-0.1, -0.05) is 18.2 Å². The molecule has 0 amide bonds. The highest BCUT2D eigenvalue weighted by molar-refractivity contribution is 5.94. The summed E-state index contributed by atoms with van der Waals surface area (Å²) < 4.78 is 10.7. The molecule has 100 valence electrons. The number of fused-ring (bicyclic) bond motifs is 2. The van der Waals surface area contributed by atoms with Gasteiger partial charge in [-0.3, -0.25) is 0 Å². The van der Waals surface area contributed by atoms with Gasteiger partial charge in [-0.05, 0) is 29.8 Å². The molecule has 0 fully saturated rings. The molecular weight excluding hydrogens is 254 g/mol. The van der Waals surface area contributed by atoms with Gasteiger partial charge in [0.25, 0.3) is 0 Å². The number of methoxy groups -OCH3 is 1. The van der Waals surface area contributed by atoms with Crippen molar-refractivity contribution in [3.8, 4) is 11.6 Å². The summed E-state index contributed by atoms with van der Waals surface area (Å²) in [6, 6.07) is 11.3. The summed E-state index contributed by atoms with van der Waals surface area (Å²) in [5.41, 5.74) is 2.28. The minimum Gasteiger partial charge on any atom is -0.466 e. The normalized spacial score (nSPS) is 15.6. The van der Waals surface area contributed by atoms with Crippen LogP contribution in [0.5, 0.6) is 11.6 Å². The Hall–Kier alpha value is -2.62. The van der Waals surface area contributed by atoms with Crippen molar-refractivity contribution in [1.82, 2.24) is 4.98 Å². The lowest BCUT2D eigenvalue weighted by atomic mass is 10.0. The van der Waals surface area contributed by atoms with Crippen molar-refractivity contribution >= 4 is 12.0 Å². The molecule has 0 saturated carbocycles.